The molecule has 0 saturated heterocycles. The second-order valence-corrected chi connectivity index (χ2v) is 8.38. The number of methoxy groups -OCH3 is 1. The van der Waals surface area contributed by atoms with Crippen molar-refractivity contribution in [3.8, 4) is 5.75 Å². The lowest BCUT2D eigenvalue weighted by molar-refractivity contribution is -0.144. The molecule has 0 bridgehead atoms. The van der Waals surface area contributed by atoms with Gasteiger partial charge in [0.25, 0.3) is 5.91 Å². The first-order chi connectivity index (χ1) is 15.9. The predicted octanol–water partition coefficient (Wildman–Crippen LogP) is 6.24. The third kappa shape index (κ3) is 4.75. The summed E-state index contributed by atoms with van der Waals surface area (Å²) in [6.07, 6.45) is 0.000845. The Labute approximate surface area is 201 Å². The van der Waals surface area contributed by atoms with Crippen LogP contribution in [0.25, 0.3) is 10.9 Å². The van der Waals surface area contributed by atoms with Crippen molar-refractivity contribution < 1.29 is 19.1 Å². The van der Waals surface area contributed by atoms with Gasteiger partial charge in [0, 0.05) is 21.7 Å². The Kier molecular flexibility index (Phi) is 6.72. The molecule has 0 N–H and O–H groups in total. The average Bonchev–Trinajstić information content (AvgIpc) is 3.08. The minimum Gasteiger partial charge on any atom is -0.495 e. The zero-order valence-electron chi connectivity index (χ0n) is 18.1. The Balaban J connectivity index is 1.73. The number of halogens is 2. The van der Waals surface area contributed by atoms with Crippen LogP contribution in [0.5, 0.6) is 5.75 Å². The first kappa shape index (κ1) is 22.9. The molecule has 0 aliphatic heterocycles. The van der Waals surface area contributed by atoms with E-state index in [4.69, 9.17) is 32.7 Å². The average molecular weight is 482 g/mol. The highest BCUT2D eigenvalue weighted by Crippen LogP contribution is 2.35. The standard InChI is InChI=1S/C26H21Cl2NO4/c1-16-20(13-25(30)33-15-17-6-4-3-5-7-17)21-12-24(32-2)22(28)14-23(21)29(16)26(31)18-8-10-19(27)11-9-18/h3-12,14H,13,15H2,1-2H3. The molecule has 4 rings (SSSR count). The van der Waals surface area contributed by atoms with E-state index in [0.29, 0.717) is 43.5 Å². The van der Waals surface area contributed by atoms with E-state index < -0.39 is 5.97 Å². The maximum atomic E-state index is 13.4. The third-order valence-corrected chi connectivity index (χ3v) is 6.01. The van der Waals surface area contributed by atoms with Crippen LogP contribution in [0.3, 0.4) is 0 Å². The van der Waals surface area contributed by atoms with Crippen LogP contribution in [0, 0.1) is 6.92 Å². The lowest BCUT2D eigenvalue weighted by Gasteiger charge is -2.09. The monoisotopic (exact) mass is 481 g/mol. The van der Waals surface area contributed by atoms with Crippen LogP contribution in [-0.4, -0.2) is 23.6 Å². The molecular weight excluding hydrogens is 461 g/mol. The summed E-state index contributed by atoms with van der Waals surface area (Å²) in [5.41, 5.74) is 3.26. The van der Waals surface area contributed by atoms with Crippen molar-refractivity contribution in [3.05, 3.63) is 99.2 Å². The summed E-state index contributed by atoms with van der Waals surface area (Å²) in [5, 5.41) is 1.61. The summed E-state index contributed by atoms with van der Waals surface area (Å²) >= 11 is 12.4. The van der Waals surface area contributed by atoms with Gasteiger partial charge in [-0.05, 0) is 54.4 Å². The number of benzene rings is 3. The molecule has 1 aromatic heterocycles. The van der Waals surface area contributed by atoms with Gasteiger partial charge >= 0.3 is 5.97 Å². The van der Waals surface area contributed by atoms with Gasteiger partial charge in [-0.1, -0.05) is 53.5 Å². The van der Waals surface area contributed by atoms with Crippen molar-refractivity contribution in [2.45, 2.75) is 20.0 Å². The van der Waals surface area contributed by atoms with E-state index in [0.717, 1.165) is 5.56 Å². The molecule has 168 valence electrons. The Morgan fingerprint density at radius 2 is 1.67 bits per heavy atom. The highest BCUT2D eigenvalue weighted by molar-refractivity contribution is 6.33. The summed E-state index contributed by atoms with van der Waals surface area (Å²) in [6.45, 7) is 1.98. The van der Waals surface area contributed by atoms with Crippen molar-refractivity contribution >= 4 is 46.0 Å². The molecule has 0 radical (unpaired) electrons. The maximum Gasteiger partial charge on any atom is 0.310 e. The summed E-state index contributed by atoms with van der Waals surface area (Å²) in [5.74, 6) is -0.188. The lowest BCUT2D eigenvalue weighted by Crippen LogP contribution is -2.14. The van der Waals surface area contributed by atoms with Crippen LogP contribution in [0.15, 0.2) is 66.7 Å². The molecule has 1 heterocycles. The van der Waals surface area contributed by atoms with Crippen molar-refractivity contribution in [2.75, 3.05) is 7.11 Å². The number of hydrogen-bond acceptors (Lipinski definition) is 4. The number of aromatic nitrogens is 1. The summed E-state index contributed by atoms with van der Waals surface area (Å²) in [4.78, 5) is 26.1. The van der Waals surface area contributed by atoms with Crippen LogP contribution in [-0.2, 0) is 22.6 Å². The third-order valence-electron chi connectivity index (χ3n) is 5.47. The smallest absolute Gasteiger partial charge is 0.310 e. The van der Waals surface area contributed by atoms with Crippen molar-refractivity contribution in [3.63, 3.8) is 0 Å². The van der Waals surface area contributed by atoms with Gasteiger partial charge in [-0.25, -0.2) is 0 Å². The summed E-state index contributed by atoms with van der Waals surface area (Å²) in [7, 11) is 1.52. The van der Waals surface area contributed by atoms with Crippen LogP contribution < -0.4 is 4.74 Å². The minimum absolute atomic E-state index is 0.000845. The van der Waals surface area contributed by atoms with Gasteiger partial charge < -0.3 is 9.47 Å². The Bertz CT molecular complexity index is 1330. The molecule has 0 atom stereocenters. The topological polar surface area (TPSA) is 57.5 Å². The van der Waals surface area contributed by atoms with Gasteiger partial charge in [0.2, 0.25) is 0 Å². The van der Waals surface area contributed by atoms with Gasteiger partial charge in [-0.3, -0.25) is 14.2 Å². The lowest BCUT2D eigenvalue weighted by atomic mass is 10.1. The Hall–Kier alpha value is -3.28. The fourth-order valence-corrected chi connectivity index (χ4v) is 4.14. The second kappa shape index (κ2) is 9.69. The molecule has 0 aliphatic carbocycles. The quantitative estimate of drug-likeness (QED) is 0.306. The second-order valence-electron chi connectivity index (χ2n) is 7.54. The highest BCUT2D eigenvalue weighted by Gasteiger charge is 2.23. The molecule has 4 aromatic rings. The van der Waals surface area contributed by atoms with Crippen LogP contribution in [0.2, 0.25) is 10.0 Å². The van der Waals surface area contributed by atoms with E-state index in [9.17, 15) is 9.59 Å². The Morgan fingerprint density at radius 3 is 2.33 bits per heavy atom. The molecule has 0 fully saturated rings. The number of esters is 1. The van der Waals surface area contributed by atoms with Crippen molar-refractivity contribution in [1.29, 1.82) is 0 Å². The highest BCUT2D eigenvalue weighted by atomic mass is 35.5. The first-order valence-corrected chi connectivity index (χ1v) is 11.0. The summed E-state index contributed by atoms with van der Waals surface area (Å²) < 4.78 is 12.4. The van der Waals surface area contributed by atoms with Crippen LogP contribution in [0.4, 0.5) is 0 Å². The van der Waals surface area contributed by atoms with Gasteiger partial charge in [-0.15, -0.1) is 0 Å². The SMILES string of the molecule is COc1cc2c(CC(=O)OCc3ccccc3)c(C)n(C(=O)c3ccc(Cl)cc3)c2cc1Cl. The van der Waals surface area contributed by atoms with Crippen LogP contribution >= 0.6 is 23.2 Å². The number of carbonyl (C=O) groups is 2. The largest absolute Gasteiger partial charge is 0.495 e. The van der Waals surface area contributed by atoms with Crippen molar-refractivity contribution in [1.82, 2.24) is 4.57 Å². The molecule has 0 unspecified atom stereocenters. The number of fused-ring (bicyclic) bond motifs is 1. The van der Waals surface area contributed by atoms with Crippen molar-refractivity contribution in [2.24, 2.45) is 0 Å². The van der Waals surface area contributed by atoms with Gasteiger partial charge in [0.15, 0.2) is 0 Å². The maximum absolute atomic E-state index is 13.4. The number of rotatable bonds is 6. The number of carbonyl (C=O) groups excluding carboxylic acids is 2. The fourth-order valence-electron chi connectivity index (χ4n) is 3.78. The number of nitrogens with zero attached hydrogens (tertiary/aromatic N) is 1. The van der Waals surface area contributed by atoms with Gasteiger partial charge in [-0.2, -0.15) is 0 Å². The molecule has 33 heavy (non-hydrogen) atoms. The molecular formula is C26H21Cl2NO4. The van der Waals surface area contributed by atoms with E-state index in [2.05, 4.69) is 0 Å². The first-order valence-electron chi connectivity index (χ1n) is 10.3. The van der Waals surface area contributed by atoms with E-state index in [-0.39, 0.29) is 18.9 Å². The summed E-state index contributed by atoms with van der Waals surface area (Å²) in [6, 6.07) is 19.5. The number of ether oxygens (including phenoxy) is 2. The molecule has 5 nitrogen and oxygen atoms in total. The molecule has 0 spiro atoms. The van der Waals surface area contributed by atoms with Gasteiger partial charge in [0.05, 0.1) is 24.1 Å². The molecule has 3 aromatic carbocycles. The molecule has 0 amide bonds. The van der Waals surface area contributed by atoms with Crippen LogP contribution in [0.1, 0.15) is 27.2 Å². The predicted molar refractivity (Wildman–Crippen MR) is 129 cm³/mol. The van der Waals surface area contributed by atoms with E-state index in [1.54, 1.807) is 47.9 Å². The normalized spacial score (nSPS) is 10.9. The zero-order valence-corrected chi connectivity index (χ0v) is 19.6. The molecule has 0 saturated carbocycles. The minimum atomic E-state index is -0.395. The van der Waals surface area contributed by atoms with E-state index in [1.165, 1.54) is 7.11 Å². The van der Waals surface area contributed by atoms with Gasteiger partial charge in [0.1, 0.15) is 12.4 Å². The molecule has 0 aliphatic rings. The number of hydrogen-bond donors (Lipinski definition) is 0. The van der Waals surface area contributed by atoms with E-state index >= 15 is 0 Å². The molecule has 7 heteroatoms. The Morgan fingerprint density at radius 1 is 0.970 bits per heavy atom. The zero-order chi connectivity index (χ0) is 23.5. The van der Waals surface area contributed by atoms with E-state index in [1.807, 2.05) is 30.3 Å². The fraction of sp³-hybridized carbons (Fsp3) is 0.154.